The van der Waals surface area contributed by atoms with Gasteiger partial charge < -0.3 is 5.32 Å². The minimum absolute atomic E-state index is 0.635. The quantitative estimate of drug-likeness (QED) is 0.884. The summed E-state index contributed by atoms with van der Waals surface area (Å²) in [4.78, 5) is 4.04. The molecule has 1 saturated heterocycles. The van der Waals surface area contributed by atoms with Gasteiger partial charge in [-0.1, -0.05) is 38.8 Å². The Hall–Kier alpha value is -0.0900. The summed E-state index contributed by atoms with van der Waals surface area (Å²) in [6.45, 7) is 10.2. The highest BCUT2D eigenvalue weighted by atomic mass is 35.5. The summed E-state index contributed by atoms with van der Waals surface area (Å²) >= 11 is 7.76. The number of halogens is 1. The van der Waals surface area contributed by atoms with Crippen LogP contribution in [0.1, 0.15) is 38.5 Å². The van der Waals surface area contributed by atoms with Crippen molar-refractivity contribution in [1.82, 2.24) is 10.2 Å². The first kappa shape index (κ1) is 15.3. The van der Waals surface area contributed by atoms with Crippen molar-refractivity contribution in [1.29, 1.82) is 0 Å². The van der Waals surface area contributed by atoms with E-state index in [1.54, 1.807) is 11.3 Å². The molecule has 0 bridgehead atoms. The molecule has 0 radical (unpaired) electrons. The van der Waals surface area contributed by atoms with Gasteiger partial charge in [-0.2, -0.15) is 0 Å². The normalized spacial score (nSPS) is 26.5. The molecule has 0 amide bonds. The number of nitrogens with one attached hydrogen (secondary N) is 1. The second-order valence-electron chi connectivity index (χ2n) is 5.60. The fourth-order valence-electron chi connectivity index (χ4n) is 2.82. The minimum Gasteiger partial charge on any atom is -0.311 e. The molecule has 0 spiro atoms. The highest BCUT2D eigenvalue weighted by Gasteiger charge is 2.30. The van der Waals surface area contributed by atoms with E-state index in [1.807, 2.05) is 6.07 Å². The summed E-state index contributed by atoms with van der Waals surface area (Å²) < 4.78 is 0.900. The van der Waals surface area contributed by atoms with Crippen molar-refractivity contribution in [2.45, 2.75) is 52.2 Å². The van der Waals surface area contributed by atoms with Crippen molar-refractivity contribution in [3.8, 4) is 0 Å². The molecule has 108 valence electrons. The Morgan fingerprint density at radius 2 is 2.26 bits per heavy atom. The molecule has 1 aromatic rings. The second-order valence-corrected chi connectivity index (χ2v) is 7.40. The summed E-state index contributed by atoms with van der Waals surface area (Å²) in [7, 11) is 0. The number of nitrogens with zero attached hydrogens (tertiary/aromatic N) is 1. The number of piperazine rings is 1. The zero-order chi connectivity index (χ0) is 13.8. The monoisotopic (exact) mass is 300 g/mol. The molecule has 1 N–H and O–H groups in total. The molecule has 3 unspecified atom stereocenters. The Labute approximate surface area is 126 Å². The third kappa shape index (κ3) is 3.94. The molecule has 4 heteroatoms. The fraction of sp³-hybridized carbons (Fsp3) is 0.733. The van der Waals surface area contributed by atoms with Gasteiger partial charge >= 0.3 is 0 Å². The van der Waals surface area contributed by atoms with Gasteiger partial charge in [0.1, 0.15) is 0 Å². The van der Waals surface area contributed by atoms with Crippen LogP contribution in [0.4, 0.5) is 0 Å². The van der Waals surface area contributed by atoms with Gasteiger partial charge in [0.2, 0.25) is 0 Å². The smallest absolute Gasteiger partial charge is 0.0931 e. The van der Waals surface area contributed by atoms with Crippen LogP contribution in [0.25, 0.3) is 0 Å². The molecule has 1 aliphatic heterocycles. The first-order chi connectivity index (χ1) is 9.13. The zero-order valence-corrected chi connectivity index (χ0v) is 13.7. The van der Waals surface area contributed by atoms with Crippen LogP contribution in [0, 0.1) is 5.92 Å². The van der Waals surface area contributed by atoms with Crippen LogP contribution in [-0.4, -0.2) is 30.1 Å². The molecule has 0 aliphatic carbocycles. The number of hydrogen-bond acceptors (Lipinski definition) is 3. The Morgan fingerprint density at radius 1 is 1.47 bits per heavy atom. The van der Waals surface area contributed by atoms with Gasteiger partial charge in [-0.05, 0) is 24.5 Å². The Morgan fingerprint density at radius 3 is 2.84 bits per heavy atom. The van der Waals surface area contributed by atoms with Crippen LogP contribution in [0.3, 0.4) is 0 Å². The highest BCUT2D eigenvalue weighted by Crippen LogP contribution is 2.26. The van der Waals surface area contributed by atoms with E-state index in [-0.39, 0.29) is 0 Å². The maximum Gasteiger partial charge on any atom is 0.0931 e. The van der Waals surface area contributed by atoms with Crippen molar-refractivity contribution in [3.63, 3.8) is 0 Å². The van der Waals surface area contributed by atoms with Crippen molar-refractivity contribution in [3.05, 3.63) is 21.3 Å². The fourth-order valence-corrected chi connectivity index (χ4v) is 3.94. The van der Waals surface area contributed by atoms with Gasteiger partial charge in [0, 0.05) is 36.6 Å². The third-order valence-electron chi connectivity index (χ3n) is 4.32. The van der Waals surface area contributed by atoms with E-state index in [4.69, 9.17) is 11.6 Å². The zero-order valence-electron chi connectivity index (χ0n) is 12.2. The topological polar surface area (TPSA) is 15.3 Å². The average Bonchev–Trinajstić information content (AvgIpc) is 2.83. The number of rotatable bonds is 5. The Balaban J connectivity index is 2.06. The Kier molecular flexibility index (Phi) is 5.70. The lowest BCUT2D eigenvalue weighted by molar-refractivity contribution is 0.0842. The maximum absolute atomic E-state index is 6.05. The van der Waals surface area contributed by atoms with Crippen LogP contribution < -0.4 is 5.32 Å². The summed E-state index contributed by atoms with van der Waals surface area (Å²) in [5.41, 5.74) is 0. The summed E-state index contributed by atoms with van der Waals surface area (Å²) in [5, 5.41) is 3.69. The largest absolute Gasteiger partial charge is 0.311 e. The summed E-state index contributed by atoms with van der Waals surface area (Å²) in [6, 6.07) is 5.47. The maximum atomic E-state index is 6.05. The van der Waals surface area contributed by atoms with E-state index in [9.17, 15) is 0 Å². The highest BCUT2D eigenvalue weighted by molar-refractivity contribution is 7.16. The molecule has 19 heavy (non-hydrogen) atoms. The lowest BCUT2D eigenvalue weighted by Crippen LogP contribution is -2.57. The molecule has 1 aliphatic rings. The van der Waals surface area contributed by atoms with Crippen LogP contribution in [-0.2, 0) is 6.54 Å². The third-order valence-corrected chi connectivity index (χ3v) is 5.54. The van der Waals surface area contributed by atoms with Crippen LogP contribution >= 0.6 is 22.9 Å². The average molecular weight is 301 g/mol. The molecule has 2 heterocycles. The van der Waals surface area contributed by atoms with Crippen LogP contribution in [0.15, 0.2) is 12.1 Å². The predicted octanol–water partition coefficient (Wildman–Crippen LogP) is 4.00. The molecule has 1 fully saturated rings. The summed E-state index contributed by atoms with van der Waals surface area (Å²) in [5.74, 6) is 0.737. The Bertz CT molecular complexity index is 393. The van der Waals surface area contributed by atoms with Gasteiger partial charge in [0.15, 0.2) is 0 Å². The van der Waals surface area contributed by atoms with E-state index in [0.29, 0.717) is 12.1 Å². The van der Waals surface area contributed by atoms with Crippen molar-refractivity contribution in [2.75, 3.05) is 13.1 Å². The SMILES string of the molecule is CCC1CN(Cc2ccc(Cl)s2)C(C(C)CC)CN1. The standard InChI is InChI=1S/C15H25ClN2S/c1-4-11(3)14-8-17-12(5-2)9-18(14)10-13-6-7-15(16)19-13/h6-7,11-12,14,17H,4-5,8-10H2,1-3H3. The van der Waals surface area contributed by atoms with Crippen LogP contribution in [0.2, 0.25) is 4.34 Å². The van der Waals surface area contributed by atoms with E-state index in [2.05, 4.69) is 37.1 Å². The first-order valence-corrected chi connectivity index (χ1v) is 8.55. The molecule has 3 atom stereocenters. The summed E-state index contributed by atoms with van der Waals surface area (Å²) in [6.07, 6.45) is 2.44. The van der Waals surface area contributed by atoms with E-state index < -0.39 is 0 Å². The molecule has 1 aromatic heterocycles. The van der Waals surface area contributed by atoms with Gasteiger partial charge in [-0.15, -0.1) is 11.3 Å². The minimum atomic E-state index is 0.635. The lowest BCUT2D eigenvalue weighted by atomic mass is 9.94. The molecular formula is C15H25ClN2S. The predicted molar refractivity (Wildman–Crippen MR) is 85.1 cm³/mol. The molecular weight excluding hydrogens is 276 g/mol. The van der Waals surface area contributed by atoms with Crippen LogP contribution in [0.5, 0.6) is 0 Å². The lowest BCUT2D eigenvalue weighted by Gasteiger charge is -2.42. The van der Waals surface area contributed by atoms with Gasteiger partial charge in [-0.25, -0.2) is 0 Å². The van der Waals surface area contributed by atoms with Crippen molar-refractivity contribution < 1.29 is 0 Å². The number of thiophene rings is 1. The van der Waals surface area contributed by atoms with Crippen molar-refractivity contribution in [2.24, 2.45) is 5.92 Å². The van der Waals surface area contributed by atoms with E-state index >= 15 is 0 Å². The number of hydrogen-bond donors (Lipinski definition) is 1. The second kappa shape index (κ2) is 7.07. The molecule has 0 aromatic carbocycles. The molecule has 2 rings (SSSR count). The van der Waals surface area contributed by atoms with Gasteiger partial charge in [-0.3, -0.25) is 4.90 Å². The van der Waals surface area contributed by atoms with Crippen molar-refractivity contribution >= 4 is 22.9 Å². The van der Waals surface area contributed by atoms with E-state index in [1.165, 1.54) is 17.7 Å². The van der Waals surface area contributed by atoms with Gasteiger partial charge in [0.05, 0.1) is 4.34 Å². The van der Waals surface area contributed by atoms with E-state index in [0.717, 1.165) is 29.9 Å². The van der Waals surface area contributed by atoms with Gasteiger partial charge in [0.25, 0.3) is 0 Å². The molecule has 2 nitrogen and oxygen atoms in total. The first-order valence-electron chi connectivity index (χ1n) is 7.35. The molecule has 0 saturated carbocycles.